The van der Waals surface area contributed by atoms with Crippen molar-refractivity contribution in [1.82, 2.24) is 0 Å². The van der Waals surface area contributed by atoms with E-state index in [1.54, 1.807) is 0 Å². The van der Waals surface area contributed by atoms with Crippen molar-refractivity contribution in [2.45, 2.75) is 0 Å². The van der Waals surface area contributed by atoms with Crippen LogP contribution in [0.15, 0.2) is 45.3 Å². The molecule has 88 valence electrons. The second-order valence-electron chi connectivity index (χ2n) is 4.27. The van der Waals surface area contributed by atoms with Gasteiger partial charge in [-0.3, -0.25) is 0 Å². The molecule has 18 heavy (non-hydrogen) atoms. The summed E-state index contributed by atoms with van der Waals surface area (Å²) < 4.78 is 2.23. The minimum atomic E-state index is 0.242. The van der Waals surface area contributed by atoms with Gasteiger partial charge in [0.15, 0.2) is 0 Å². The maximum absolute atomic E-state index is 3.82. The third-order valence-electron chi connectivity index (χ3n) is 3.19. The van der Waals surface area contributed by atoms with E-state index in [0.717, 1.165) is 8.95 Å². The molecule has 0 amide bonds. The van der Waals surface area contributed by atoms with E-state index in [-0.39, 0.29) is 11.1 Å². The Labute approximate surface area is 140 Å². The van der Waals surface area contributed by atoms with E-state index < -0.39 is 0 Å². The lowest BCUT2D eigenvalue weighted by molar-refractivity contribution is 1.70. The number of hydrogen-bond donors (Lipinski definition) is 0. The van der Waals surface area contributed by atoms with Gasteiger partial charge in [0.25, 0.3) is 11.1 Å². The van der Waals surface area contributed by atoms with Gasteiger partial charge >= 0.3 is 0 Å². The van der Waals surface area contributed by atoms with Gasteiger partial charge in [0.05, 0.1) is 0 Å². The molecule has 0 saturated heterocycles. The Morgan fingerprint density at radius 2 is 1.00 bits per heavy atom. The molecule has 0 saturated carbocycles. The molecule has 1 aliphatic rings. The first-order valence-electron chi connectivity index (χ1n) is 5.45. The second kappa shape index (κ2) is 5.12. The predicted molar refractivity (Wildman–Crippen MR) is 96.2 cm³/mol. The summed E-state index contributed by atoms with van der Waals surface area (Å²) in [5.74, 6) is 0. The number of fused-ring (bicyclic) bond motifs is 2. The topological polar surface area (TPSA) is 0 Å². The first-order chi connectivity index (χ1) is 8.58. The van der Waals surface area contributed by atoms with Gasteiger partial charge in [-0.1, -0.05) is 78.0 Å². The molecule has 3 rings (SSSR count). The highest BCUT2D eigenvalue weighted by atomic mass is 79.9. The van der Waals surface area contributed by atoms with Gasteiger partial charge in [0.2, 0.25) is 0 Å². The smallest absolute Gasteiger partial charge is 0.143 e. The molecule has 1 heterocycles. The van der Waals surface area contributed by atoms with Crippen molar-refractivity contribution in [3.63, 3.8) is 0 Å². The SMILES string of the molecule is BrB1c2ccc(Br)cc2B(Br)c2cc(Br)ccc21. The van der Waals surface area contributed by atoms with E-state index in [2.05, 4.69) is 99.8 Å². The van der Waals surface area contributed by atoms with E-state index in [0.29, 0.717) is 0 Å². The Balaban J connectivity index is 2.25. The van der Waals surface area contributed by atoms with Crippen LogP contribution in [0, 0.1) is 0 Å². The monoisotopic (exact) mass is 488 g/mol. The molecule has 0 aromatic heterocycles. The summed E-state index contributed by atoms with van der Waals surface area (Å²) in [5, 5.41) is 0. The molecule has 0 spiro atoms. The van der Waals surface area contributed by atoms with Crippen molar-refractivity contribution in [2.75, 3.05) is 0 Å². The van der Waals surface area contributed by atoms with Gasteiger partial charge in [-0.2, -0.15) is 0 Å². The van der Waals surface area contributed by atoms with Gasteiger partial charge < -0.3 is 0 Å². The molecule has 0 radical (unpaired) electrons. The molecule has 2 aromatic rings. The quantitative estimate of drug-likeness (QED) is 0.497. The van der Waals surface area contributed by atoms with Gasteiger partial charge in [0.1, 0.15) is 0 Å². The minimum Gasteiger partial charge on any atom is -0.143 e. The molecule has 1 aliphatic heterocycles. The summed E-state index contributed by atoms with van der Waals surface area (Å²) >= 11 is 14.7. The van der Waals surface area contributed by atoms with Crippen LogP contribution in [0.5, 0.6) is 0 Å². The Morgan fingerprint density at radius 3 is 1.44 bits per heavy atom. The molecule has 0 unspecified atom stereocenters. The maximum atomic E-state index is 3.82. The number of benzene rings is 2. The lowest BCUT2D eigenvalue weighted by Gasteiger charge is -2.25. The zero-order chi connectivity index (χ0) is 12.9. The van der Waals surface area contributed by atoms with Crippen LogP contribution >= 0.6 is 63.4 Å². The third kappa shape index (κ3) is 2.19. The molecular weight excluding hydrogens is 485 g/mol. The largest absolute Gasteiger partial charge is 0.286 e. The summed E-state index contributed by atoms with van der Waals surface area (Å²) in [7, 11) is 0. The number of rotatable bonds is 0. The fraction of sp³-hybridized carbons (Fsp3) is 0. The van der Waals surface area contributed by atoms with Crippen LogP contribution in [0.3, 0.4) is 0 Å². The van der Waals surface area contributed by atoms with E-state index in [1.165, 1.54) is 21.9 Å². The highest BCUT2D eigenvalue weighted by Crippen LogP contribution is 2.14. The number of hydrogen-bond acceptors (Lipinski definition) is 0. The molecule has 0 aliphatic carbocycles. The molecule has 0 N–H and O–H groups in total. The molecule has 0 fully saturated rings. The summed E-state index contributed by atoms with van der Waals surface area (Å²) in [6, 6.07) is 12.9. The fourth-order valence-electron chi connectivity index (χ4n) is 2.33. The van der Waals surface area contributed by atoms with Crippen molar-refractivity contribution in [1.29, 1.82) is 0 Å². The van der Waals surface area contributed by atoms with E-state index in [4.69, 9.17) is 0 Å². The van der Waals surface area contributed by atoms with Crippen LogP contribution in [0.2, 0.25) is 0 Å². The van der Waals surface area contributed by atoms with Crippen LogP contribution in [0.25, 0.3) is 0 Å². The first kappa shape index (κ1) is 13.5. The van der Waals surface area contributed by atoms with Gasteiger partial charge in [-0.25, -0.2) is 0 Å². The highest BCUT2D eigenvalue weighted by Gasteiger charge is 2.34. The van der Waals surface area contributed by atoms with Crippen molar-refractivity contribution >= 4 is 96.3 Å². The Kier molecular flexibility index (Phi) is 3.83. The van der Waals surface area contributed by atoms with Crippen molar-refractivity contribution < 1.29 is 0 Å². The Bertz CT molecular complexity index is 576. The molecule has 0 atom stereocenters. The van der Waals surface area contributed by atoms with Gasteiger partial charge in [0, 0.05) is 8.95 Å². The Hall–Kier alpha value is 0.490. The minimum absolute atomic E-state index is 0.242. The van der Waals surface area contributed by atoms with Crippen LogP contribution in [-0.2, 0) is 0 Å². The van der Waals surface area contributed by atoms with Crippen LogP contribution in [0.4, 0.5) is 0 Å². The zero-order valence-electron chi connectivity index (χ0n) is 9.13. The van der Waals surface area contributed by atoms with Crippen molar-refractivity contribution in [3.05, 3.63) is 45.3 Å². The molecule has 2 aromatic carbocycles. The maximum Gasteiger partial charge on any atom is 0.286 e. The normalized spacial score (nSPS) is 13.3. The third-order valence-corrected chi connectivity index (χ3v) is 6.15. The Morgan fingerprint density at radius 1 is 0.611 bits per heavy atom. The highest BCUT2D eigenvalue weighted by molar-refractivity contribution is 9.26. The summed E-state index contributed by atoms with van der Waals surface area (Å²) in [6.45, 7) is 0. The van der Waals surface area contributed by atoms with E-state index >= 15 is 0 Å². The molecule has 0 nitrogen and oxygen atoms in total. The van der Waals surface area contributed by atoms with Gasteiger partial charge in [-0.15, -0.1) is 31.5 Å². The standard InChI is InChI=1S/C12H6B2Br4/c15-7-1-3-9-11(5-7)14(18)12-6-8(16)2-4-10(12)13(9)17/h1-6H. The van der Waals surface area contributed by atoms with E-state index in [9.17, 15) is 0 Å². The average molecular weight is 491 g/mol. The lowest BCUT2D eigenvalue weighted by Crippen LogP contribution is -2.64. The molecule has 6 heteroatoms. The fourth-order valence-corrected chi connectivity index (χ4v) is 4.71. The van der Waals surface area contributed by atoms with Crippen LogP contribution in [0.1, 0.15) is 0 Å². The molecule has 0 bridgehead atoms. The second-order valence-corrected chi connectivity index (χ2v) is 7.93. The summed E-state index contributed by atoms with van der Waals surface area (Å²) in [4.78, 5) is 0. The van der Waals surface area contributed by atoms with Crippen molar-refractivity contribution in [2.24, 2.45) is 0 Å². The van der Waals surface area contributed by atoms with E-state index in [1.807, 2.05) is 0 Å². The van der Waals surface area contributed by atoms with Crippen molar-refractivity contribution in [3.8, 4) is 0 Å². The predicted octanol–water partition coefficient (Wildman–Crippen LogP) is 2.53. The van der Waals surface area contributed by atoms with Crippen LogP contribution < -0.4 is 21.9 Å². The van der Waals surface area contributed by atoms with Gasteiger partial charge in [-0.05, 0) is 12.1 Å². The summed E-state index contributed by atoms with van der Waals surface area (Å²) in [6.07, 6.45) is 0. The lowest BCUT2D eigenvalue weighted by atomic mass is 9.43. The number of halogens is 4. The molecular formula is C12H6B2Br4. The average Bonchev–Trinajstić information content (AvgIpc) is 2.35. The zero-order valence-corrected chi connectivity index (χ0v) is 15.5. The first-order valence-corrected chi connectivity index (χ1v) is 8.86. The summed E-state index contributed by atoms with van der Waals surface area (Å²) in [5.41, 5.74) is 5.79. The van der Waals surface area contributed by atoms with Crippen LogP contribution in [-0.4, -0.2) is 11.1 Å².